The highest BCUT2D eigenvalue weighted by atomic mass is 16.6. The zero-order valence-electron chi connectivity index (χ0n) is 14.9. The molecule has 2 aliphatic heterocycles. The Morgan fingerprint density at radius 1 is 1.25 bits per heavy atom. The summed E-state index contributed by atoms with van der Waals surface area (Å²) in [5.74, 6) is 2.20. The predicted octanol–water partition coefficient (Wildman–Crippen LogP) is 2.76. The number of amides is 1. The van der Waals surface area contributed by atoms with E-state index in [9.17, 15) is 4.79 Å². The highest BCUT2D eigenvalue weighted by Gasteiger charge is 2.29. The lowest BCUT2D eigenvalue weighted by Crippen LogP contribution is -2.42. The van der Waals surface area contributed by atoms with Gasteiger partial charge in [0.1, 0.15) is 13.2 Å². The van der Waals surface area contributed by atoms with E-state index < -0.39 is 0 Å². The molecule has 1 N–H and O–H groups in total. The molecule has 1 saturated heterocycles. The molecule has 132 valence electrons. The molecule has 5 nitrogen and oxygen atoms in total. The fourth-order valence-electron chi connectivity index (χ4n) is 3.31. The lowest BCUT2D eigenvalue weighted by atomic mass is 10.0. The highest BCUT2D eigenvalue weighted by Crippen LogP contribution is 2.37. The van der Waals surface area contributed by atoms with E-state index >= 15 is 0 Å². The van der Waals surface area contributed by atoms with Gasteiger partial charge in [-0.2, -0.15) is 0 Å². The molecule has 24 heavy (non-hydrogen) atoms. The second-order valence-corrected chi connectivity index (χ2v) is 7.13. The van der Waals surface area contributed by atoms with Crippen LogP contribution < -0.4 is 14.8 Å². The second kappa shape index (κ2) is 7.43. The Morgan fingerprint density at radius 3 is 2.75 bits per heavy atom. The summed E-state index contributed by atoms with van der Waals surface area (Å²) in [5, 5.41) is 3.10. The van der Waals surface area contributed by atoms with Crippen LogP contribution >= 0.6 is 0 Å². The molecule has 0 saturated carbocycles. The maximum Gasteiger partial charge on any atom is 0.234 e. The van der Waals surface area contributed by atoms with Crippen molar-refractivity contribution in [3.63, 3.8) is 0 Å². The molecule has 0 bridgehead atoms. The van der Waals surface area contributed by atoms with Crippen LogP contribution in [0.2, 0.25) is 0 Å². The third-order valence-electron chi connectivity index (χ3n) is 5.05. The van der Waals surface area contributed by atoms with E-state index in [2.05, 4.69) is 43.1 Å². The molecule has 0 spiro atoms. The summed E-state index contributed by atoms with van der Waals surface area (Å²) >= 11 is 0. The molecule has 1 aromatic carbocycles. The lowest BCUT2D eigenvalue weighted by Gasteiger charge is -2.27. The van der Waals surface area contributed by atoms with E-state index in [0.29, 0.717) is 25.7 Å². The number of hydrogen-bond donors (Lipinski definition) is 1. The fourth-order valence-corrected chi connectivity index (χ4v) is 3.31. The zero-order chi connectivity index (χ0) is 17.1. The first-order chi connectivity index (χ1) is 11.5. The van der Waals surface area contributed by atoms with Crippen molar-refractivity contribution < 1.29 is 14.3 Å². The van der Waals surface area contributed by atoms with Crippen molar-refractivity contribution >= 4 is 5.91 Å². The average Bonchev–Trinajstić information content (AvgIpc) is 3.02. The van der Waals surface area contributed by atoms with Gasteiger partial charge in [-0.1, -0.05) is 19.9 Å². The Morgan fingerprint density at radius 2 is 2.00 bits per heavy atom. The summed E-state index contributed by atoms with van der Waals surface area (Å²) in [6, 6.07) is 6.65. The first-order valence-electron chi connectivity index (χ1n) is 8.97. The summed E-state index contributed by atoms with van der Waals surface area (Å²) in [4.78, 5) is 14.6. The standard InChI is InChI=1S/C19H28N2O3/c1-13(2)14(3)20-19(22)12-21-8-4-5-16(21)15-6-7-17-18(11-15)24-10-9-23-17/h6-7,11,13-14,16H,4-5,8-10,12H2,1-3H3,(H,20,22). The SMILES string of the molecule is CC(C)C(C)NC(=O)CN1CCCC1c1ccc2c(c1)OCCO2. The number of ether oxygens (including phenoxy) is 2. The summed E-state index contributed by atoms with van der Waals surface area (Å²) < 4.78 is 11.3. The zero-order valence-corrected chi connectivity index (χ0v) is 14.9. The molecule has 2 aliphatic rings. The van der Waals surface area contributed by atoms with E-state index in [1.807, 2.05) is 6.07 Å². The minimum Gasteiger partial charge on any atom is -0.486 e. The Labute approximate surface area is 144 Å². The summed E-state index contributed by atoms with van der Waals surface area (Å²) in [7, 11) is 0. The quantitative estimate of drug-likeness (QED) is 0.901. The van der Waals surface area contributed by atoms with Gasteiger partial charge in [0.15, 0.2) is 11.5 Å². The molecule has 1 amide bonds. The Kier molecular flexibility index (Phi) is 5.29. The van der Waals surface area contributed by atoms with Crippen molar-refractivity contribution in [3.8, 4) is 11.5 Å². The van der Waals surface area contributed by atoms with Crippen LogP contribution in [0.1, 0.15) is 45.2 Å². The molecule has 0 radical (unpaired) electrons. The molecule has 2 unspecified atom stereocenters. The number of nitrogens with one attached hydrogen (secondary N) is 1. The minimum atomic E-state index is 0.112. The minimum absolute atomic E-state index is 0.112. The number of hydrogen-bond acceptors (Lipinski definition) is 4. The molecule has 3 rings (SSSR count). The fraction of sp³-hybridized carbons (Fsp3) is 0.632. The van der Waals surface area contributed by atoms with Gasteiger partial charge in [0.25, 0.3) is 0 Å². The predicted molar refractivity (Wildman–Crippen MR) is 93.4 cm³/mol. The van der Waals surface area contributed by atoms with Crippen molar-refractivity contribution in [2.24, 2.45) is 5.92 Å². The van der Waals surface area contributed by atoms with Gasteiger partial charge >= 0.3 is 0 Å². The number of carbonyl (C=O) groups excluding carboxylic acids is 1. The molecule has 1 fully saturated rings. The molecule has 2 atom stereocenters. The van der Waals surface area contributed by atoms with Crippen LogP contribution in [0, 0.1) is 5.92 Å². The van der Waals surface area contributed by atoms with Crippen molar-refractivity contribution in [1.82, 2.24) is 10.2 Å². The third kappa shape index (κ3) is 3.83. The summed E-state index contributed by atoms with van der Waals surface area (Å²) in [6.45, 7) is 8.93. The molecule has 2 heterocycles. The maximum absolute atomic E-state index is 12.3. The lowest BCUT2D eigenvalue weighted by molar-refractivity contribution is -0.123. The van der Waals surface area contributed by atoms with Crippen LogP contribution in [0.15, 0.2) is 18.2 Å². The Hall–Kier alpha value is -1.75. The number of nitrogens with zero attached hydrogens (tertiary/aromatic N) is 1. The highest BCUT2D eigenvalue weighted by molar-refractivity contribution is 5.78. The van der Waals surface area contributed by atoms with Crippen molar-refractivity contribution in [2.75, 3.05) is 26.3 Å². The first kappa shape index (κ1) is 17.1. The van der Waals surface area contributed by atoms with Gasteiger partial charge in [-0.25, -0.2) is 0 Å². The molecule has 5 heteroatoms. The summed E-state index contributed by atoms with van der Waals surface area (Å²) in [6.07, 6.45) is 2.19. The maximum atomic E-state index is 12.3. The van der Waals surface area contributed by atoms with Gasteiger partial charge in [0.2, 0.25) is 5.91 Å². The third-order valence-corrected chi connectivity index (χ3v) is 5.05. The van der Waals surface area contributed by atoms with Gasteiger partial charge in [-0.15, -0.1) is 0 Å². The number of carbonyl (C=O) groups is 1. The van der Waals surface area contributed by atoms with Crippen LogP contribution in [0.25, 0.3) is 0 Å². The smallest absolute Gasteiger partial charge is 0.234 e. The van der Waals surface area contributed by atoms with E-state index in [4.69, 9.17) is 9.47 Å². The topological polar surface area (TPSA) is 50.8 Å². The first-order valence-corrected chi connectivity index (χ1v) is 8.97. The molecule has 1 aromatic rings. The number of fused-ring (bicyclic) bond motifs is 1. The molecule has 0 aliphatic carbocycles. The van der Waals surface area contributed by atoms with Gasteiger partial charge in [0.05, 0.1) is 6.54 Å². The van der Waals surface area contributed by atoms with E-state index in [1.54, 1.807) is 0 Å². The average molecular weight is 332 g/mol. The van der Waals surface area contributed by atoms with Gasteiger partial charge in [-0.05, 0) is 49.9 Å². The van der Waals surface area contributed by atoms with Gasteiger partial charge < -0.3 is 14.8 Å². The number of benzene rings is 1. The Bertz CT molecular complexity index is 588. The monoisotopic (exact) mass is 332 g/mol. The van der Waals surface area contributed by atoms with Crippen molar-refractivity contribution in [1.29, 1.82) is 0 Å². The largest absolute Gasteiger partial charge is 0.486 e. The van der Waals surface area contributed by atoms with Crippen LogP contribution in [0.4, 0.5) is 0 Å². The van der Waals surface area contributed by atoms with Crippen LogP contribution in [-0.4, -0.2) is 43.2 Å². The second-order valence-electron chi connectivity index (χ2n) is 7.13. The van der Waals surface area contributed by atoms with Gasteiger partial charge in [-0.3, -0.25) is 9.69 Å². The van der Waals surface area contributed by atoms with Crippen LogP contribution in [-0.2, 0) is 4.79 Å². The molecule has 0 aromatic heterocycles. The van der Waals surface area contributed by atoms with Crippen LogP contribution in [0.5, 0.6) is 11.5 Å². The molecular weight excluding hydrogens is 304 g/mol. The van der Waals surface area contributed by atoms with Gasteiger partial charge in [0, 0.05) is 12.1 Å². The number of likely N-dealkylation sites (tertiary alicyclic amines) is 1. The van der Waals surface area contributed by atoms with E-state index in [1.165, 1.54) is 5.56 Å². The molecular formula is C19H28N2O3. The normalized spacial score (nSPS) is 21.8. The van der Waals surface area contributed by atoms with Crippen LogP contribution in [0.3, 0.4) is 0 Å². The van der Waals surface area contributed by atoms with Crippen molar-refractivity contribution in [3.05, 3.63) is 23.8 Å². The van der Waals surface area contributed by atoms with Crippen molar-refractivity contribution in [2.45, 2.75) is 45.7 Å². The van der Waals surface area contributed by atoms with E-state index in [-0.39, 0.29) is 18.0 Å². The number of rotatable bonds is 5. The Balaban J connectivity index is 1.66. The van der Waals surface area contributed by atoms with E-state index in [0.717, 1.165) is 30.9 Å². The summed E-state index contributed by atoms with van der Waals surface area (Å²) in [5.41, 5.74) is 1.21.